The summed E-state index contributed by atoms with van der Waals surface area (Å²) >= 11 is 1.61. The Kier molecular flexibility index (Phi) is 3.45. The highest BCUT2D eigenvalue weighted by Crippen LogP contribution is 2.48. The van der Waals surface area contributed by atoms with Crippen LogP contribution in [-0.4, -0.2) is 10.9 Å². The Morgan fingerprint density at radius 3 is 3.00 bits per heavy atom. The molecule has 1 aromatic heterocycles. The number of fused-ring (bicyclic) bond motifs is 1. The van der Waals surface area contributed by atoms with Crippen LogP contribution in [0, 0.1) is 11.7 Å². The molecular weight excluding hydrogens is 299 g/mol. The first kappa shape index (κ1) is 13.9. The lowest BCUT2D eigenvalue weighted by Gasteiger charge is -2.06. The van der Waals surface area contributed by atoms with Gasteiger partial charge < -0.3 is 5.32 Å². The van der Waals surface area contributed by atoms with Gasteiger partial charge in [0.1, 0.15) is 5.82 Å². The normalized spacial score (nSPS) is 23.0. The highest BCUT2D eigenvalue weighted by atomic mass is 32.1. The summed E-state index contributed by atoms with van der Waals surface area (Å²) in [5, 5.41) is 3.67. The molecule has 0 spiro atoms. The van der Waals surface area contributed by atoms with Crippen LogP contribution >= 0.6 is 11.3 Å². The van der Waals surface area contributed by atoms with E-state index in [9.17, 15) is 9.18 Å². The van der Waals surface area contributed by atoms with Crippen molar-refractivity contribution in [3.8, 4) is 0 Å². The minimum Gasteiger partial charge on any atom is -0.302 e. The lowest BCUT2D eigenvalue weighted by Crippen LogP contribution is -2.14. The van der Waals surface area contributed by atoms with Crippen LogP contribution in [0.1, 0.15) is 41.3 Å². The van der Waals surface area contributed by atoms with Gasteiger partial charge in [-0.1, -0.05) is 12.1 Å². The predicted molar refractivity (Wildman–Crippen MR) is 84.6 cm³/mol. The Morgan fingerprint density at radius 2 is 2.18 bits per heavy atom. The largest absolute Gasteiger partial charge is 0.302 e. The number of thiazole rings is 1. The molecule has 1 fully saturated rings. The summed E-state index contributed by atoms with van der Waals surface area (Å²) < 4.78 is 13.3. The predicted octanol–water partition coefficient (Wildman–Crippen LogP) is 3.90. The third-order valence-electron chi connectivity index (χ3n) is 4.48. The fraction of sp³-hybridized carbons (Fsp3) is 0.412. The maximum absolute atomic E-state index is 13.3. The van der Waals surface area contributed by atoms with Crippen molar-refractivity contribution in [3.05, 3.63) is 46.2 Å². The molecule has 0 saturated heterocycles. The van der Waals surface area contributed by atoms with E-state index in [-0.39, 0.29) is 23.6 Å². The van der Waals surface area contributed by atoms with Crippen molar-refractivity contribution < 1.29 is 9.18 Å². The number of aryl methyl sites for hydroxylation is 2. The van der Waals surface area contributed by atoms with E-state index in [1.165, 1.54) is 29.9 Å². The number of aromatic nitrogens is 1. The molecule has 114 valence electrons. The van der Waals surface area contributed by atoms with Gasteiger partial charge in [-0.25, -0.2) is 9.37 Å². The number of halogens is 1. The minimum absolute atomic E-state index is 0.0142. The fourth-order valence-electron chi connectivity index (χ4n) is 3.19. The second-order valence-corrected chi connectivity index (χ2v) is 7.17. The molecule has 0 radical (unpaired) electrons. The van der Waals surface area contributed by atoms with Gasteiger partial charge in [-0.05, 0) is 55.7 Å². The summed E-state index contributed by atoms with van der Waals surface area (Å²) in [6, 6.07) is 6.55. The minimum atomic E-state index is -0.240. The van der Waals surface area contributed by atoms with Gasteiger partial charge >= 0.3 is 0 Å². The Hall–Kier alpha value is -1.75. The number of nitrogens with zero attached hydrogens (tertiary/aromatic N) is 1. The highest BCUT2D eigenvalue weighted by Gasteiger charge is 2.44. The van der Waals surface area contributed by atoms with Crippen molar-refractivity contribution in [1.82, 2.24) is 4.98 Å². The monoisotopic (exact) mass is 316 g/mol. The average molecular weight is 316 g/mol. The number of rotatable bonds is 3. The number of carbonyl (C=O) groups excluding carboxylic acids is 1. The zero-order valence-corrected chi connectivity index (χ0v) is 13.0. The molecule has 4 rings (SSSR count). The van der Waals surface area contributed by atoms with Gasteiger partial charge in [0.15, 0.2) is 5.13 Å². The van der Waals surface area contributed by atoms with Gasteiger partial charge in [0, 0.05) is 10.8 Å². The molecule has 22 heavy (non-hydrogen) atoms. The van der Waals surface area contributed by atoms with Crippen LogP contribution in [0.5, 0.6) is 0 Å². The molecule has 2 atom stereocenters. The molecule has 1 N–H and O–H groups in total. The Balaban J connectivity index is 1.42. The van der Waals surface area contributed by atoms with Gasteiger partial charge in [-0.3, -0.25) is 4.79 Å². The van der Waals surface area contributed by atoms with Crippen LogP contribution in [0.4, 0.5) is 9.52 Å². The maximum Gasteiger partial charge on any atom is 0.229 e. The summed E-state index contributed by atoms with van der Waals surface area (Å²) in [7, 11) is 0. The summed E-state index contributed by atoms with van der Waals surface area (Å²) in [6.07, 6.45) is 5.30. The van der Waals surface area contributed by atoms with E-state index in [0.717, 1.165) is 35.7 Å². The smallest absolute Gasteiger partial charge is 0.229 e. The maximum atomic E-state index is 13.3. The van der Waals surface area contributed by atoms with Crippen LogP contribution in [0.2, 0.25) is 0 Å². The van der Waals surface area contributed by atoms with Crippen molar-refractivity contribution in [3.63, 3.8) is 0 Å². The average Bonchev–Trinajstić information content (AvgIpc) is 3.21. The van der Waals surface area contributed by atoms with Crippen LogP contribution < -0.4 is 5.32 Å². The number of hydrogen-bond acceptors (Lipinski definition) is 3. The molecule has 5 heteroatoms. The van der Waals surface area contributed by atoms with E-state index in [4.69, 9.17) is 0 Å². The van der Waals surface area contributed by atoms with E-state index in [2.05, 4.69) is 10.3 Å². The molecule has 2 aromatic rings. The van der Waals surface area contributed by atoms with Crippen molar-refractivity contribution in [2.45, 2.75) is 38.0 Å². The second kappa shape index (κ2) is 5.47. The summed E-state index contributed by atoms with van der Waals surface area (Å²) in [6.45, 7) is 0. The van der Waals surface area contributed by atoms with Crippen LogP contribution in [-0.2, 0) is 17.6 Å². The number of anilines is 1. The van der Waals surface area contributed by atoms with Crippen molar-refractivity contribution in [2.24, 2.45) is 5.92 Å². The molecule has 0 aliphatic heterocycles. The van der Waals surface area contributed by atoms with Crippen molar-refractivity contribution >= 4 is 22.4 Å². The Bertz CT molecular complexity index is 704. The third-order valence-corrected chi connectivity index (χ3v) is 5.55. The highest BCUT2D eigenvalue weighted by molar-refractivity contribution is 7.15. The fourth-order valence-corrected chi connectivity index (χ4v) is 4.25. The SMILES string of the molecule is O=C(Nc1nc2c(s1)CCCC2)C1CC1c1cccc(F)c1. The molecule has 1 aromatic carbocycles. The van der Waals surface area contributed by atoms with Gasteiger partial charge in [0.05, 0.1) is 5.69 Å². The Morgan fingerprint density at radius 1 is 1.32 bits per heavy atom. The Labute approximate surface area is 132 Å². The van der Waals surface area contributed by atoms with Crippen LogP contribution in [0.25, 0.3) is 0 Å². The van der Waals surface area contributed by atoms with Gasteiger partial charge in [-0.15, -0.1) is 11.3 Å². The molecule has 0 bridgehead atoms. The zero-order chi connectivity index (χ0) is 15.1. The van der Waals surface area contributed by atoms with Gasteiger partial charge in [-0.2, -0.15) is 0 Å². The molecular formula is C17H17FN2OS. The van der Waals surface area contributed by atoms with Crippen LogP contribution in [0.3, 0.4) is 0 Å². The van der Waals surface area contributed by atoms with E-state index < -0.39 is 0 Å². The quantitative estimate of drug-likeness (QED) is 0.933. The number of benzene rings is 1. The first-order chi connectivity index (χ1) is 10.7. The van der Waals surface area contributed by atoms with Crippen LogP contribution in [0.15, 0.2) is 24.3 Å². The van der Waals surface area contributed by atoms with E-state index >= 15 is 0 Å². The van der Waals surface area contributed by atoms with E-state index in [0.29, 0.717) is 0 Å². The van der Waals surface area contributed by atoms with Crippen molar-refractivity contribution in [2.75, 3.05) is 5.32 Å². The topological polar surface area (TPSA) is 42.0 Å². The number of carbonyl (C=O) groups is 1. The van der Waals surface area contributed by atoms with Gasteiger partial charge in [0.25, 0.3) is 0 Å². The summed E-state index contributed by atoms with van der Waals surface area (Å²) in [5.74, 6) is -0.135. The molecule has 3 nitrogen and oxygen atoms in total. The third kappa shape index (κ3) is 2.65. The molecule has 1 saturated carbocycles. The first-order valence-electron chi connectivity index (χ1n) is 7.75. The summed E-state index contributed by atoms with van der Waals surface area (Å²) in [5.41, 5.74) is 2.07. The molecule has 2 aliphatic carbocycles. The molecule has 2 unspecified atom stereocenters. The van der Waals surface area contributed by atoms with E-state index in [1.54, 1.807) is 17.4 Å². The van der Waals surface area contributed by atoms with E-state index in [1.807, 2.05) is 6.07 Å². The molecule has 1 heterocycles. The molecule has 2 aliphatic rings. The zero-order valence-electron chi connectivity index (χ0n) is 12.1. The number of nitrogens with one attached hydrogen (secondary N) is 1. The lowest BCUT2D eigenvalue weighted by molar-refractivity contribution is -0.117. The number of amides is 1. The lowest BCUT2D eigenvalue weighted by atomic mass is 10.0. The summed E-state index contributed by atoms with van der Waals surface area (Å²) in [4.78, 5) is 18.2. The first-order valence-corrected chi connectivity index (χ1v) is 8.57. The van der Waals surface area contributed by atoms with Gasteiger partial charge in [0.2, 0.25) is 5.91 Å². The number of hydrogen-bond donors (Lipinski definition) is 1. The molecule has 1 amide bonds. The second-order valence-electron chi connectivity index (χ2n) is 6.09. The van der Waals surface area contributed by atoms with Crippen molar-refractivity contribution in [1.29, 1.82) is 0 Å². The standard InChI is InChI=1S/C17H17FN2OS/c18-11-5-3-4-10(8-11)12-9-13(12)16(21)20-17-19-14-6-1-2-7-15(14)22-17/h3-5,8,12-13H,1-2,6-7,9H2,(H,19,20,21).